The molecule has 0 fully saturated rings. The van der Waals surface area contributed by atoms with Gasteiger partial charge in [-0.25, -0.2) is 9.97 Å². The summed E-state index contributed by atoms with van der Waals surface area (Å²) in [6.45, 7) is 8.41. The summed E-state index contributed by atoms with van der Waals surface area (Å²) in [7, 11) is 0. The van der Waals surface area contributed by atoms with Gasteiger partial charge < -0.3 is 0 Å². The van der Waals surface area contributed by atoms with E-state index in [0.29, 0.717) is 0 Å². The fraction of sp³-hybridized carbons (Fsp3) is 0.600. The van der Waals surface area contributed by atoms with E-state index in [1.807, 2.05) is 19.3 Å². The van der Waals surface area contributed by atoms with Crippen LogP contribution < -0.4 is 0 Å². The molecule has 3 heteroatoms. The molecular formula is C10H16N2S. The number of nitrogens with zero attached hydrogens (tertiary/aromatic N) is 2. The fourth-order valence-corrected chi connectivity index (χ4v) is 1.07. The van der Waals surface area contributed by atoms with Gasteiger partial charge in [0.15, 0.2) is 0 Å². The maximum Gasteiger partial charge on any atom is 0.140 e. The van der Waals surface area contributed by atoms with E-state index in [9.17, 15) is 0 Å². The van der Waals surface area contributed by atoms with Crippen LogP contribution in [0.15, 0.2) is 12.4 Å². The highest BCUT2D eigenvalue weighted by atomic mass is 32.1. The zero-order chi connectivity index (χ0) is 10.1. The molecule has 0 aliphatic rings. The van der Waals surface area contributed by atoms with Crippen LogP contribution in [0, 0.1) is 0 Å². The van der Waals surface area contributed by atoms with Crippen LogP contribution in [-0.4, -0.2) is 9.97 Å². The second-order valence-corrected chi connectivity index (χ2v) is 5.03. The monoisotopic (exact) mass is 196 g/mol. The number of thiol groups is 1. The van der Waals surface area contributed by atoms with E-state index in [1.54, 1.807) is 0 Å². The van der Waals surface area contributed by atoms with Gasteiger partial charge in [-0.15, -0.1) is 0 Å². The average molecular weight is 196 g/mol. The van der Waals surface area contributed by atoms with E-state index in [0.717, 1.165) is 11.4 Å². The van der Waals surface area contributed by atoms with Crippen molar-refractivity contribution in [3.05, 3.63) is 23.8 Å². The van der Waals surface area contributed by atoms with Crippen LogP contribution in [0.1, 0.15) is 44.3 Å². The lowest BCUT2D eigenvalue weighted by molar-refractivity contribution is 0.582. The highest BCUT2D eigenvalue weighted by Crippen LogP contribution is 2.21. The SMILES string of the molecule is CC(S)c1ncc(C(C)(C)C)cn1. The van der Waals surface area contributed by atoms with E-state index in [4.69, 9.17) is 0 Å². The van der Waals surface area contributed by atoms with Crippen molar-refractivity contribution in [2.75, 3.05) is 0 Å². The lowest BCUT2D eigenvalue weighted by Crippen LogP contribution is -2.12. The summed E-state index contributed by atoms with van der Waals surface area (Å²) in [4.78, 5) is 8.51. The molecule has 0 saturated carbocycles. The molecule has 1 atom stereocenters. The second-order valence-electron chi connectivity index (χ2n) is 4.26. The average Bonchev–Trinajstić information content (AvgIpc) is 2.03. The first-order valence-corrected chi connectivity index (χ1v) is 4.93. The van der Waals surface area contributed by atoms with Gasteiger partial charge in [0.2, 0.25) is 0 Å². The molecule has 13 heavy (non-hydrogen) atoms. The van der Waals surface area contributed by atoms with Gasteiger partial charge in [-0.05, 0) is 17.9 Å². The Bertz CT molecular complexity index is 272. The summed E-state index contributed by atoms with van der Waals surface area (Å²) in [5.41, 5.74) is 1.28. The van der Waals surface area contributed by atoms with Crippen molar-refractivity contribution in [1.82, 2.24) is 9.97 Å². The van der Waals surface area contributed by atoms with Gasteiger partial charge in [0.05, 0.1) is 5.25 Å². The Hall–Kier alpha value is -0.570. The van der Waals surface area contributed by atoms with E-state index in [-0.39, 0.29) is 10.7 Å². The molecule has 0 aliphatic carbocycles. The van der Waals surface area contributed by atoms with E-state index in [1.165, 1.54) is 0 Å². The summed E-state index contributed by atoms with van der Waals surface area (Å²) in [5, 5.41) is 0.106. The Kier molecular flexibility index (Phi) is 2.96. The lowest BCUT2D eigenvalue weighted by atomic mass is 9.89. The lowest BCUT2D eigenvalue weighted by Gasteiger charge is -2.18. The third-order valence-corrected chi connectivity index (χ3v) is 2.14. The number of hydrogen-bond acceptors (Lipinski definition) is 3. The minimum Gasteiger partial charge on any atom is -0.240 e. The van der Waals surface area contributed by atoms with Gasteiger partial charge in [0.1, 0.15) is 5.82 Å². The molecule has 0 N–H and O–H groups in total. The summed E-state index contributed by atoms with van der Waals surface area (Å²) in [6, 6.07) is 0. The molecule has 1 aromatic rings. The molecular weight excluding hydrogens is 180 g/mol. The maximum atomic E-state index is 4.27. The van der Waals surface area contributed by atoms with Gasteiger partial charge >= 0.3 is 0 Å². The first-order valence-electron chi connectivity index (χ1n) is 4.42. The van der Waals surface area contributed by atoms with Crippen LogP contribution in [0.3, 0.4) is 0 Å². The van der Waals surface area contributed by atoms with Crippen LogP contribution in [0.4, 0.5) is 0 Å². The van der Waals surface area contributed by atoms with E-state index >= 15 is 0 Å². The van der Waals surface area contributed by atoms with Crippen molar-refractivity contribution in [3.8, 4) is 0 Å². The zero-order valence-corrected chi connectivity index (χ0v) is 9.47. The molecule has 0 aliphatic heterocycles. The molecule has 1 unspecified atom stereocenters. The van der Waals surface area contributed by atoms with Gasteiger partial charge in [-0.1, -0.05) is 20.8 Å². The molecule has 0 aromatic carbocycles. The predicted octanol–water partition coefficient (Wildman–Crippen LogP) is 2.76. The smallest absolute Gasteiger partial charge is 0.140 e. The molecule has 0 bridgehead atoms. The Morgan fingerprint density at radius 3 is 2.00 bits per heavy atom. The van der Waals surface area contributed by atoms with Crippen LogP contribution in [0.2, 0.25) is 0 Å². The van der Waals surface area contributed by atoms with Gasteiger partial charge in [-0.2, -0.15) is 12.6 Å². The van der Waals surface area contributed by atoms with Crippen molar-refractivity contribution < 1.29 is 0 Å². The summed E-state index contributed by atoms with van der Waals surface area (Å²) < 4.78 is 0. The Labute approximate surface area is 85.2 Å². The van der Waals surface area contributed by atoms with Crippen molar-refractivity contribution in [2.24, 2.45) is 0 Å². The molecule has 0 spiro atoms. The van der Waals surface area contributed by atoms with Crippen molar-refractivity contribution in [3.63, 3.8) is 0 Å². The molecule has 0 saturated heterocycles. The second kappa shape index (κ2) is 3.66. The summed E-state index contributed by atoms with van der Waals surface area (Å²) >= 11 is 4.27. The normalized spacial score (nSPS) is 14.2. The highest BCUT2D eigenvalue weighted by molar-refractivity contribution is 7.80. The van der Waals surface area contributed by atoms with E-state index < -0.39 is 0 Å². The van der Waals surface area contributed by atoms with Crippen molar-refractivity contribution in [1.29, 1.82) is 0 Å². The van der Waals surface area contributed by atoms with Gasteiger partial charge in [-0.3, -0.25) is 0 Å². The van der Waals surface area contributed by atoms with Crippen LogP contribution in [-0.2, 0) is 5.41 Å². The number of hydrogen-bond donors (Lipinski definition) is 1. The quantitative estimate of drug-likeness (QED) is 0.699. The molecule has 72 valence electrons. The number of rotatable bonds is 1. The predicted molar refractivity (Wildman–Crippen MR) is 58.1 cm³/mol. The van der Waals surface area contributed by atoms with Crippen molar-refractivity contribution >= 4 is 12.6 Å². The minimum absolute atomic E-state index is 0.106. The Morgan fingerprint density at radius 2 is 1.69 bits per heavy atom. The Balaban J connectivity index is 2.94. The van der Waals surface area contributed by atoms with Crippen LogP contribution in [0.5, 0.6) is 0 Å². The molecule has 1 aromatic heterocycles. The molecule has 0 amide bonds. The minimum atomic E-state index is 0.106. The first kappa shape index (κ1) is 10.5. The summed E-state index contributed by atoms with van der Waals surface area (Å²) in [5.74, 6) is 0.788. The van der Waals surface area contributed by atoms with Crippen LogP contribution >= 0.6 is 12.6 Å². The highest BCUT2D eigenvalue weighted by Gasteiger charge is 2.14. The van der Waals surface area contributed by atoms with Crippen LogP contribution in [0.25, 0.3) is 0 Å². The van der Waals surface area contributed by atoms with Crippen molar-refractivity contribution in [2.45, 2.75) is 38.4 Å². The molecule has 2 nitrogen and oxygen atoms in total. The zero-order valence-electron chi connectivity index (χ0n) is 8.57. The fourth-order valence-electron chi connectivity index (χ4n) is 0.941. The summed E-state index contributed by atoms with van der Waals surface area (Å²) in [6.07, 6.45) is 3.77. The van der Waals surface area contributed by atoms with Gasteiger partial charge in [0.25, 0.3) is 0 Å². The molecule has 1 rings (SSSR count). The maximum absolute atomic E-state index is 4.27. The molecule has 1 heterocycles. The third-order valence-electron chi connectivity index (χ3n) is 1.91. The van der Waals surface area contributed by atoms with Gasteiger partial charge in [0, 0.05) is 12.4 Å². The number of aromatic nitrogens is 2. The third kappa shape index (κ3) is 2.69. The largest absolute Gasteiger partial charge is 0.240 e. The standard InChI is InChI=1S/C10H16N2S/c1-7(13)9-11-5-8(6-12-9)10(2,3)4/h5-7,13H,1-4H3. The van der Waals surface area contributed by atoms with E-state index in [2.05, 4.69) is 43.4 Å². The first-order chi connectivity index (χ1) is 5.91. The topological polar surface area (TPSA) is 25.8 Å². The Morgan fingerprint density at radius 1 is 1.23 bits per heavy atom. The molecule has 0 radical (unpaired) electrons.